The molecule has 6 heteroatoms. The van der Waals surface area contributed by atoms with Crippen LogP contribution in [0.5, 0.6) is 0 Å². The molecule has 0 radical (unpaired) electrons. The molecule has 0 amide bonds. The Balaban J connectivity index is 2.28. The molecule has 2 rings (SSSR count). The first-order valence-corrected chi connectivity index (χ1v) is 5.65. The maximum atomic E-state index is 12.9. The van der Waals surface area contributed by atoms with Gasteiger partial charge in [0.1, 0.15) is 5.82 Å². The fraction of sp³-hybridized carbons (Fsp3) is 0.182. The summed E-state index contributed by atoms with van der Waals surface area (Å²) in [5.41, 5.74) is 0.651. The van der Waals surface area contributed by atoms with Crippen LogP contribution in [0.25, 0.3) is 11.4 Å². The molecule has 0 saturated carbocycles. The highest BCUT2D eigenvalue weighted by Gasteiger charge is 2.11. The number of hydrogen-bond acceptors (Lipinski definition) is 4. The molecule has 0 atom stereocenters. The van der Waals surface area contributed by atoms with Crippen molar-refractivity contribution in [2.45, 2.75) is 12.8 Å². The summed E-state index contributed by atoms with van der Waals surface area (Å²) in [6.07, 6.45) is 0.745. The van der Waals surface area contributed by atoms with Crippen LogP contribution in [0, 0.1) is 17.1 Å². The summed E-state index contributed by atoms with van der Waals surface area (Å²) in [6, 6.07) is 6.22. The second-order valence-corrected chi connectivity index (χ2v) is 4.15. The monoisotopic (exact) mass is 295 g/mol. The van der Waals surface area contributed by atoms with Gasteiger partial charge in [-0.05, 0) is 34.1 Å². The summed E-state index contributed by atoms with van der Waals surface area (Å²) in [5.74, 6) is 0.441. The van der Waals surface area contributed by atoms with Gasteiger partial charge >= 0.3 is 0 Å². The van der Waals surface area contributed by atoms with Crippen molar-refractivity contribution in [1.82, 2.24) is 10.1 Å². The summed E-state index contributed by atoms with van der Waals surface area (Å²) in [7, 11) is 0. The van der Waals surface area contributed by atoms with Gasteiger partial charge in [-0.3, -0.25) is 0 Å². The molecule has 0 aliphatic carbocycles. The smallest absolute Gasteiger partial charge is 0.227 e. The van der Waals surface area contributed by atoms with E-state index in [1.54, 1.807) is 6.07 Å². The van der Waals surface area contributed by atoms with Crippen molar-refractivity contribution in [2.24, 2.45) is 0 Å². The Kier molecular flexibility index (Phi) is 3.49. The van der Waals surface area contributed by atoms with Crippen LogP contribution >= 0.6 is 15.9 Å². The minimum Gasteiger partial charge on any atom is -0.339 e. The van der Waals surface area contributed by atoms with E-state index in [1.165, 1.54) is 12.1 Å². The van der Waals surface area contributed by atoms with Gasteiger partial charge < -0.3 is 4.52 Å². The van der Waals surface area contributed by atoms with Crippen molar-refractivity contribution in [3.05, 3.63) is 34.4 Å². The molecule has 0 N–H and O–H groups in total. The van der Waals surface area contributed by atoms with Gasteiger partial charge in [0.15, 0.2) is 0 Å². The van der Waals surface area contributed by atoms with Crippen molar-refractivity contribution >= 4 is 15.9 Å². The van der Waals surface area contributed by atoms with Crippen LogP contribution in [0.1, 0.15) is 12.3 Å². The van der Waals surface area contributed by atoms with Crippen LogP contribution in [-0.2, 0) is 6.42 Å². The largest absolute Gasteiger partial charge is 0.339 e. The standard InChI is InChI=1S/C11H7BrFN3O/c12-9-6-7(13)3-4-8(9)11-15-10(17-16-11)2-1-5-14/h3-4,6H,1-2H2. The van der Waals surface area contributed by atoms with Gasteiger partial charge in [0, 0.05) is 22.9 Å². The first-order chi connectivity index (χ1) is 8.20. The van der Waals surface area contributed by atoms with E-state index in [2.05, 4.69) is 26.1 Å². The van der Waals surface area contributed by atoms with E-state index in [0.29, 0.717) is 34.6 Å². The molecule has 0 fully saturated rings. The second-order valence-electron chi connectivity index (χ2n) is 3.29. The van der Waals surface area contributed by atoms with Crippen molar-refractivity contribution in [3.63, 3.8) is 0 Å². The number of nitrogens with zero attached hydrogens (tertiary/aromatic N) is 3. The van der Waals surface area contributed by atoms with Crippen molar-refractivity contribution in [2.75, 3.05) is 0 Å². The average molecular weight is 296 g/mol. The first kappa shape index (κ1) is 11.7. The number of benzene rings is 1. The van der Waals surface area contributed by atoms with E-state index >= 15 is 0 Å². The van der Waals surface area contributed by atoms with Crippen LogP contribution in [0.4, 0.5) is 4.39 Å². The molecular formula is C11H7BrFN3O. The zero-order chi connectivity index (χ0) is 12.3. The maximum absolute atomic E-state index is 12.9. The Labute approximate surface area is 105 Å². The van der Waals surface area contributed by atoms with Gasteiger partial charge in [0.25, 0.3) is 0 Å². The minimum absolute atomic E-state index is 0.326. The van der Waals surface area contributed by atoms with Crippen LogP contribution < -0.4 is 0 Å². The molecule has 0 aliphatic rings. The van der Waals surface area contributed by atoms with Gasteiger partial charge in [-0.1, -0.05) is 5.16 Å². The molecule has 0 unspecified atom stereocenters. The van der Waals surface area contributed by atoms with Crippen LogP contribution in [0.2, 0.25) is 0 Å². The predicted molar refractivity (Wildman–Crippen MR) is 61.3 cm³/mol. The third-order valence-corrected chi connectivity index (χ3v) is 2.75. The zero-order valence-corrected chi connectivity index (χ0v) is 10.2. The lowest BCUT2D eigenvalue weighted by atomic mass is 10.2. The Bertz CT molecular complexity index is 576. The summed E-state index contributed by atoms with van der Waals surface area (Å²) in [4.78, 5) is 4.13. The Hall–Kier alpha value is -1.74. The highest BCUT2D eigenvalue weighted by atomic mass is 79.9. The molecular weight excluding hydrogens is 289 g/mol. The number of nitriles is 1. The number of hydrogen-bond donors (Lipinski definition) is 0. The molecule has 4 nitrogen and oxygen atoms in total. The fourth-order valence-corrected chi connectivity index (χ4v) is 1.83. The molecule has 1 heterocycles. The fourth-order valence-electron chi connectivity index (χ4n) is 1.30. The lowest BCUT2D eigenvalue weighted by Gasteiger charge is -1.97. The van der Waals surface area contributed by atoms with Gasteiger partial charge in [-0.25, -0.2) is 4.39 Å². The lowest BCUT2D eigenvalue weighted by molar-refractivity contribution is 0.380. The van der Waals surface area contributed by atoms with Crippen LogP contribution in [0.3, 0.4) is 0 Å². The molecule has 17 heavy (non-hydrogen) atoms. The Morgan fingerprint density at radius 1 is 1.47 bits per heavy atom. The van der Waals surface area contributed by atoms with Crippen LogP contribution in [0.15, 0.2) is 27.2 Å². The van der Waals surface area contributed by atoms with Gasteiger partial charge in [-0.2, -0.15) is 10.2 Å². The third-order valence-electron chi connectivity index (χ3n) is 2.09. The number of aryl methyl sites for hydroxylation is 1. The van der Waals surface area contributed by atoms with Gasteiger partial charge in [-0.15, -0.1) is 0 Å². The topological polar surface area (TPSA) is 62.7 Å². The molecule has 1 aromatic heterocycles. The molecule has 0 saturated heterocycles. The number of halogens is 2. The molecule has 1 aromatic carbocycles. The Morgan fingerprint density at radius 3 is 3.00 bits per heavy atom. The average Bonchev–Trinajstić information content (AvgIpc) is 2.75. The SMILES string of the molecule is N#CCCc1nc(-c2ccc(F)cc2Br)no1. The van der Waals surface area contributed by atoms with Crippen molar-refractivity contribution < 1.29 is 8.91 Å². The van der Waals surface area contributed by atoms with Crippen molar-refractivity contribution in [1.29, 1.82) is 5.26 Å². The third kappa shape index (κ3) is 2.68. The highest BCUT2D eigenvalue weighted by molar-refractivity contribution is 9.10. The normalized spacial score (nSPS) is 10.2. The molecule has 0 bridgehead atoms. The van der Waals surface area contributed by atoms with Crippen molar-refractivity contribution in [3.8, 4) is 17.5 Å². The lowest BCUT2D eigenvalue weighted by Crippen LogP contribution is -1.86. The molecule has 0 aliphatic heterocycles. The number of aromatic nitrogens is 2. The zero-order valence-electron chi connectivity index (χ0n) is 8.65. The summed E-state index contributed by atoms with van der Waals surface area (Å²) in [6.45, 7) is 0. The van der Waals surface area contributed by atoms with E-state index < -0.39 is 0 Å². The van der Waals surface area contributed by atoms with Crippen LogP contribution in [-0.4, -0.2) is 10.1 Å². The predicted octanol–water partition coefficient (Wildman–Crippen LogP) is 3.09. The van der Waals surface area contributed by atoms with E-state index in [0.717, 1.165) is 0 Å². The summed E-state index contributed by atoms with van der Waals surface area (Å²) >= 11 is 3.23. The summed E-state index contributed by atoms with van der Waals surface area (Å²) in [5, 5.41) is 12.2. The Morgan fingerprint density at radius 2 is 2.29 bits per heavy atom. The van der Waals surface area contributed by atoms with E-state index in [9.17, 15) is 4.39 Å². The minimum atomic E-state index is -0.339. The van der Waals surface area contributed by atoms with E-state index in [1.807, 2.05) is 6.07 Å². The molecule has 2 aromatic rings. The quantitative estimate of drug-likeness (QED) is 0.873. The molecule has 86 valence electrons. The highest BCUT2D eigenvalue weighted by Crippen LogP contribution is 2.26. The van der Waals surface area contributed by atoms with E-state index in [4.69, 9.17) is 9.78 Å². The molecule has 0 spiro atoms. The van der Waals surface area contributed by atoms with Gasteiger partial charge in [0.2, 0.25) is 11.7 Å². The van der Waals surface area contributed by atoms with Gasteiger partial charge in [0.05, 0.1) is 6.07 Å². The second kappa shape index (κ2) is 5.06. The first-order valence-electron chi connectivity index (χ1n) is 4.85. The number of rotatable bonds is 3. The maximum Gasteiger partial charge on any atom is 0.227 e. The summed E-state index contributed by atoms with van der Waals surface area (Å²) < 4.78 is 18.4. The van der Waals surface area contributed by atoms with E-state index in [-0.39, 0.29) is 5.82 Å².